The van der Waals surface area contributed by atoms with E-state index in [-0.39, 0.29) is 0 Å². The van der Waals surface area contributed by atoms with Crippen molar-refractivity contribution in [3.05, 3.63) is 31.8 Å². The number of aliphatic hydroxyl groups excluding tert-OH is 1. The first kappa shape index (κ1) is 10.1. The fourth-order valence-electron chi connectivity index (χ4n) is 1.12. The predicted molar refractivity (Wildman–Crippen MR) is 62.1 cm³/mol. The average molecular weight is 321 g/mol. The summed E-state index contributed by atoms with van der Waals surface area (Å²) in [4.78, 5) is 2.37. The number of aryl methyl sites for hydroxylation is 1. The van der Waals surface area contributed by atoms with E-state index in [9.17, 15) is 5.11 Å². The molecule has 2 rings (SSSR count). The second kappa shape index (κ2) is 3.95. The summed E-state index contributed by atoms with van der Waals surface area (Å²) in [6.45, 7) is 0. The van der Waals surface area contributed by atoms with E-state index in [1.165, 1.54) is 16.1 Å². The third-order valence-corrected chi connectivity index (χ3v) is 4.07. The smallest absolute Gasteiger partial charge is 0.135 e. The van der Waals surface area contributed by atoms with Gasteiger partial charge in [0.15, 0.2) is 0 Å². The van der Waals surface area contributed by atoms with Gasteiger partial charge < -0.3 is 5.11 Å². The zero-order chi connectivity index (χ0) is 10.1. The molecule has 2 heterocycles. The molecule has 74 valence electrons. The van der Waals surface area contributed by atoms with Crippen molar-refractivity contribution in [2.45, 2.75) is 6.10 Å². The van der Waals surface area contributed by atoms with Crippen molar-refractivity contribution in [1.82, 2.24) is 15.0 Å². The van der Waals surface area contributed by atoms with E-state index in [1.54, 1.807) is 13.2 Å². The van der Waals surface area contributed by atoms with Gasteiger partial charge in [0.1, 0.15) is 11.8 Å². The zero-order valence-corrected chi connectivity index (χ0v) is 10.4. The van der Waals surface area contributed by atoms with Gasteiger partial charge in [-0.3, -0.25) is 0 Å². The van der Waals surface area contributed by atoms with Crippen LogP contribution in [0.15, 0.2) is 17.6 Å². The first-order valence-electron chi connectivity index (χ1n) is 3.95. The van der Waals surface area contributed by atoms with Gasteiger partial charge in [-0.25, -0.2) is 0 Å². The highest BCUT2D eigenvalue weighted by molar-refractivity contribution is 14.1. The lowest BCUT2D eigenvalue weighted by Gasteiger charge is -2.04. The van der Waals surface area contributed by atoms with Crippen molar-refractivity contribution >= 4 is 33.9 Å². The largest absolute Gasteiger partial charge is 0.381 e. The Balaban J connectivity index is 2.33. The van der Waals surface area contributed by atoms with E-state index in [2.05, 4.69) is 32.8 Å². The first-order valence-corrected chi connectivity index (χ1v) is 5.91. The van der Waals surface area contributed by atoms with E-state index in [4.69, 9.17) is 0 Å². The van der Waals surface area contributed by atoms with Crippen molar-refractivity contribution in [3.8, 4) is 0 Å². The highest BCUT2D eigenvalue weighted by atomic mass is 127. The number of hydrogen-bond donors (Lipinski definition) is 1. The second-order valence-electron chi connectivity index (χ2n) is 2.79. The monoisotopic (exact) mass is 321 g/mol. The summed E-state index contributed by atoms with van der Waals surface area (Å²) in [5.41, 5.74) is 0.591. The maximum atomic E-state index is 9.96. The molecule has 14 heavy (non-hydrogen) atoms. The van der Waals surface area contributed by atoms with Crippen molar-refractivity contribution < 1.29 is 5.11 Å². The normalized spacial score (nSPS) is 13.1. The van der Waals surface area contributed by atoms with Crippen molar-refractivity contribution in [2.24, 2.45) is 7.05 Å². The molecule has 1 atom stereocenters. The molecule has 0 saturated carbocycles. The number of aliphatic hydroxyl groups is 1. The lowest BCUT2D eigenvalue weighted by atomic mass is 10.2. The van der Waals surface area contributed by atoms with E-state index in [1.807, 2.05) is 11.4 Å². The molecule has 0 fully saturated rings. The quantitative estimate of drug-likeness (QED) is 0.854. The topological polar surface area (TPSA) is 50.9 Å². The molecule has 1 N–H and O–H groups in total. The Labute approximate surface area is 98.7 Å². The molecule has 6 heteroatoms. The molecule has 0 spiro atoms. The Morgan fingerprint density at radius 2 is 2.43 bits per heavy atom. The molecule has 0 bridgehead atoms. The van der Waals surface area contributed by atoms with Crippen LogP contribution < -0.4 is 0 Å². The molecule has 0 amide bonds. The average Bonchev–Trinajstić information content (AvgIpc) is 2.73. The Morgan fingerprint density at radius 3 is 2.93 bits per heavy atom. The van der Waals surface area contributed by atoms with Gasteiger partial charge in [-0.2, -0.15) is 15.0 Å². The maximum absolute atomic E-state index is 9.96. The van der Waals surface area contributed by atoms with Gasteiger partial charge in [0.05, 0.1) is 11.1 Å². The standard InChI is InChI=1S/C8H8IN3OS/c1-12-10-4-6(11-12)7(13)8-5(9)2-3-14-8/h2-4,7,13H,1H3. The van der Waals surface area contributed by atoms with E-state index in [0.29, 0.717) is 5.69 Å². The van der Waals surface area contributed by atoms with Crippen LogP contribution >= 0.6 is 33.9 Å². The Morgan fingerprint density at radius 1 is 1.64 bits per heavy atom. The summed E-state index contributed by atoms with van der Waals surface area (Å²) >= 11 is 3.73. The van der Waals surface area contributed by atoms with Gasteiger partial charge in [0, 0.05) is 10.6 Å². The number of rotatable bonds is 2. The third kappa shape index (κ3) is 1.82. The molecule has 0 saturated heterocycles. The number of thiophene rings is 1. The van der Waals surface area contributed by atoms with E-state index >= 15 is 0 Å². The van der Waals surface area contributed by atoms with Crippen molar-refractivity contribution in [2.75, 3.05) is 0 Å². The fourth-order valence-corrected chi connectivity index (χ4v) is 3.00. The van der Waals surface area contributed by atoms with Crippen LogP contribution in [0.5, 0.6) is 0 Å². The maximum Gasteiger partial charge on any atom is 0.135 e. The van der Waals surface area contributed by atoms with Gasteiger partial charge in [0.25, 0.3) is 0 Å². The van der Waals surface area contributed by atoms with Gasteiger partial charge in [0.2, 0.25) is 0 Å². The number of nitrogens with zero attached hydrogens (tertiary/aromatic N) is 3. The summed E-state index contributed by atoms with van der Waals surface area (Å²) in [6, 6.07) is 1.97. The molecule has 0 aliphatic carbocycles. The minimum Gasteiger partial charge on any atom is -0.381 e. The van der Waals surface area contributed by atoms with Crippen LogP contribution in [0.1, 0.15) is 16.7 Å². The molecule has 4 nitrogen and oxygen atoms in total. The Bertz CT molecular complexity index is 439. The minimum atomic E-state index is -0.657. The molecule has 0 radical (unpaired) electrons. The van der Waals surface area contributed by atoms with Crippen LogP contribution in [-0.4, -0.2) is 20.1 Å². The molecule has 1 unspecified atom stereocenters. The zero-order valence-electron chi connectivity index (χ0n) is 7.38. The highest BCUT2D eigenvalue weighted by Crippen LogP contribution is 2.29. The molecule has 0 aliphatic rings. The Kier molecular flexibility index (Phi) is 2.84. The number of halogens is 1. The van der Waals surface area contributed by atoms with Crippen LogP contribution in [0.3, 0.4) is 0 Å². The summed E-state index contributed by atoms with van der Waals surface area (Å²) in [5.74, 6) is 0. The van der Waals surface area contributed by atoms with Crippen LogP contribution in [0.2, 0.25) is 0 Å². The SMILES string of the molecule is Cn1ncc(C(O)c2sccc2I)n1. The van der Waals surface area contributed by atoms with Gasteiger partial charge in [-0.1, -0.05) is 0 Å². The van der Waals surface area contributed by atoms with Crippen LogP contribution in [0, 0.1) is 3.57 Å². The second-order valence-corrected chi connectivity index (χ2v) is 4.90. The van der Waals surface area contributed by atoms with Gasteiger partial charge >= 0.3 is 0 Å². The summed E-state index contributed by atoms with van der Waals surface area (Å²) in [6.07, 6.45) is 0.927. The van der Waals surface area contributed by atoms with Crippen LogP contribution in [0.25, 0.3) is 0 Å². The van der Waals surface area contributed by atoms with Crippen molar-refractivity contribution in [1.29, 1.82) is 0 Å². The molecule has 2 aromatic rings. The van der Waals surface area contributed by atoms with Crippen molar-refractivity contribution in [3.63, 3.8) is 0 Å². The summed E-state index contributed by atoms with van der Waals surface area (Å²) in [5, 5.41) is 19.9. The van der Waals surface area contributed by atoms with Crippen LogP contribution in [-0.2, 0) is 7.05 Å². The predicted octanol–water partition coefficient (Wildman–Crippen LogP) is 1.56. The Hall–Kier alpha value is -0.470. The van der Waals surface area contributed by atoms with Gasteiger partial charge in [-0.05, 0) is 34.0 Å². The van der Waals surface area contributed by atoms with E-state index < -0.39 is 6.10 Å². The van der Waals surface area contributed by atoms with Gasteiger partial charge in [-0.15, -0.1) is 11.3 Å². The molecular weight excluding hydrogens is 313 g/mol. The summed E-state index contributed by atoms with van der Waals surface area (Å²) < 4.78 is 1.06. The molecule has 0 aromatic carbocycles. The molecule has 0 aliphatic heterocycles. The lowest BCUT2D eigenvalue weighted by Crippen LogP contribution is -2.01. The fraction of sp³-hybridized carbons (Fsp3) is 0.250. The number of hydrogen-bond acceptors (Lipinski definition) is 4. The third-order valence-electron chi connectivity index (χ3n) is 1.79. The van der Waals surface area contributed by atoms with Crippen LogP contribution in [0.4, 0.5) is 0 Å². The number of aromatic nitrogens is 3. The highest BCUT2D eigenvalue weighted by Gasteiger charge is 2.17. The first-order chi connectivity index (χ1) is 6.68. The van der Waals surface area contributed by atoms with E-state index in [0.717, 1.165) is 8.45 Å². The molecule has 2 aromatic heterocycles. The minimum absolute atomic E-state index is 0.591. The molecular formula is C8H8IN3OS. The lowest BCUT2D eigenvalue weighted by molar-refractivity contribution is 0.217. The summed E-state index contributed by atoms with van der Waals surface area (Å²) in [7, 11) is 1.73.